The molecule has 1 aromatic heterocycles. The van der Waals surface area contributed by atoms with E-state index in [4.69, 9.17) is 14.0 Å². The van der Waals surface area contributed by atoms with E-state index in [2.05, 4.69) is 5.16 Å². The van der Waals surface area contributed by atoms with E-state index >= 15 is 0 Å². The Kier molecular flexibility index (Phi) is 8.10. The van der Waals surface area contributed by atoms with Crippen LogP contribution in [-0.2, 0) is 16.2 Å². The fourth-order valence-corrected chi connectivity index (χ4v) is 4.74. The second kappa shape index (κ2) is 11.4. The fraction of sp³-hybridized carbons (Fsp3) is 0.519. The number of carbonyl (C=O) groups excluding carboxylic acids is 2. The van der Waals surface area contributed by atoms with Crippen LogP contribution >= 0.6 is 0 Å². The second-order valence-corrected chi connectivity index (χ2v) is 9.40. The molecule has 4 rings (SSSR count). The number of hydrogen-bond acceptors (Lipinski definition) is 6. The minimum atomic E-state index is -0.00739. The molecule has 2 aliphatic heterocycles. The van der Waals surface area contributed by atoms with Gasteiger partial charge in [-0.15, -0.1) is 0 Å². The summed E-state index contributed by atoms with van der Waals surface area (Å²) in [7, 11) is 1.59. The van der Waals surface area contributed by atoms with Gasteiger partial charge in [-0.3, -0.25) is 9.59 Å². The summed E-state index contributed by atoms with van der Waals surface area (Å²) >= 11 is 0. The number of benzene rings is 1. The lowest BCUT2D eigenvalue weighted by molar-refractivity contribution is -0.131. The van der Waals surface area contributed by atoms with Crippen LogP contribution in [-0.4, -0.2) is 60.1 Å². The van der Waals surface area contributed by atoms with Gasteiger partial charge in [-0.2, -0.15) is 0 Å². The monoisotopic (exact) mass is 481 g/mol. The topological polar surface area (TPSA) is 85.1 Å². The van der Waals surface area contributed by atoms with Gasteiger partial charge in [0.15, 0.2) is 11.5 Å². The molecule has 0 spiro atoms. The molecular formula is C27H35N3O5. The molecule has 0 saturated carbocycles. The summed E-state index contributed by atoms with van der Waals surface area (Å²) in [5.41, 5.74) is 2.58. The average molecular weight is 482 g/mol. The molecule has 2 fully saturated rings. The van der Waals surface area contributed by atoms with E-state index in [0.717, 1.165) is 61.4 Å². The number of nitrogens with zero attached hydrogens (tertiary/aromatic N) is 3. The van der Waals surface area contributed by atoms with Gasteiger partial charge in [0.2, 0.25) is 11.8 Å². The highest BCUT2D eigenvalue weighted by molar-refractivity contribution is 5.92. The SMILES string of the molecule is COc1cc(/C=C/C(=O)N2CCC(CC(=O)N3CCCC3)CC2)ccc1OCc1c(C)noc1C. The molecule has 8 nitrogen and oxygen atoms in total. The van der Waals surface area contributed by atoms with Gasteiger partial charge in [-0.05, 0) is 69.2 Å². The Morgan fingerprint density at radius 2 is 1.83 bits per heavy atom. The molecule has 1 aromatic carbocycles. The molecule has 0 radical (unpaired) electrons. The predicted octanol–water partition coefficient (Wildman–Crippen LogP) is 4.14. The van der Waals surface area contributed by atoms with Crippen LogP contribution in [0.1, 0.15) is 54.7 Å². The van der Waals surface area contributed by atoms with E-state index in [-0.39, 0.29) is 11.8 Å². The lowest BCUT2D eigenvalue weighted by atomic mass is 9.93. The van der Waals surface area contributed by atoms with Crippen molar-refractivity contribution >= 4 is 17.9 Å². The molecule has 0 bridgehead atoms. The number of ether oxygens (including phenoxy) is 2. The summed E-state index contributed by atoms with van der Waals surface area (Å²) < 4.78 is 16.6. The first-order valence-electron chi connectivity index (χ1n) is 12.4. The van der Waals surface area contributed by atoms with Crippen LogP contribution in [0.2, 0.25) is 0 Å². The van der Waals surface area contributed by atoms with Crippen molar-refractivity contribution in [3.8, 4) is 11.5 Å². The molecule has 188 valence electrons. The quantitative estimate of drug-likeness (QED) is 0.527. The zero-order valence-corrected chi connectivity index (χ0v) is 20.9. The Hall–Kier alpha value is -3.29. The van der Waals surface area contributed by atoms with Gasteiger partial charge in [0.25, 0.3) is 0 Å². The van der Waals surface area contributed by atoms with Crippen molar-refractivity contribution in [3.63, 3.8) is 0 Å². The second-order valence-electron chi connectivity index (χ2n) is 9.40. The number of carbonyl (C=O) groups is 2. The van der Waals surface area contributed by atoms with Crippen LogP contribution in [0, 0.1) is 19.8 Å². The summed E-state index contributed by atoms with van der Waals surface area (Å²) in [6, 6.07) is 5.58. The highest BCUT2D eigenvalue weighted by Gasteiger charge is 2.26. The summed E-state index contributed by atoms with van der Waals surface area (Å²) in [6.07, 6.45) is 8.02. The number of aryl methyl sites for hydroxylation is 2. The van der Waals surface area contributed by atoms with Gasteiger partial charge in [0, 0.05) is 38.7 Å². The van der Waals surface area contributed by atoms with Crippen molar-refractivity contribution in [2.75, 3.05) is 33.3 Å². The van der Waals surface area contributed by atoms with Gasteiger partial charge in [-0.25, -0.2) is 0 Å². The number of methoxy groups -OCH3 is 1. The zero-order chi connectivity index (χ0) is 24.8. The van der Waals surface area contributed by atoms with Crippen LogP contribution in [0.15, 0.2) is 28.8 Å². The largest absolute Gasteiger partial charge is 0.493 e. The third kappa shape index (κ3) is 6.24. The summed E-state index contributed by atoms with van der Waals surface area (Å²) in [5.74, 6) is 2.59. The normalized spacial score (nSPS) is 16.8. The maximum atomic E-state index is 12.7. The maximum absolute atomic E-state index is 12.7. The molecule has 2 aliphatic rings. The number of aromatic nitrogens is 1. The molecule has 35 heavy (non-hydrogen) atoms. The molecule has 2 aromatic rings. The molecular weight excluding hydrogens is 446 g/mol. The van der Waals surface area contributed by atoms with Crippen molar-refractivity contribution in [1.82, 2.24) is 15.0 Å². The highest BCUT2D eigenvalue weighted by Crippen LogP contribution is 2.30. The van der Waals surface area contributed by atoms with Crippen LogP contribution < -0.4 is 9.47 Å². The van der Waals surface area contributed by atoms with E-state index < -0.39 is 0 Å². The van der Waals surface area contributed by atoms with E-state index in [1.807, 2.05) is 41.8 Å². The molecule has 2 amide bonds. The number of rotatable bonds is 8. The minimum absolute atomic E-state index is 0.00739. The van der Waals surface area contributed by atoms with Crippen molar-refractivity contribution < 1.29 is 23.6 Å². The lowest BCUT2D eigenvalue weighted by Gasteiger charge is -2.31. The van der Waals surface area contributed by atoms with E-state index in [9.17, 15) is 9.59 Å². The van der Waals surface area contributed by atoms with Crippen LogP contribution in [0.5, 0.6) is 11.5 Å². The number of piperidine rings is 1. The summed E-state index contributed by atoms with van der Waals surface area (Å²) in [5, 5.41) is 3.95. The zero-order valence-electron chi connectivity index (χ0n) is 20.9. The van der Waals surface area contributed by atoms with Gasteiger partial charge >= 0.3 is 0 Å². The molecule has 3 heterocycles. The first-order chi connectivity index (χ1) is 16.9. The molecule has 2 saturated heterocycles. The Balaban J connectivity index is 1.28. The molecule has 0 N–H and O–H groups in total. The molecule has 0 unspecified atom stereocenters. The average Bonchev–Trinajstić information content (AvgIpc) is 3.52. The van der Waals surface area contributed by atoms with Crippen molar-refractivity contribution in [2.45, 2.75) is 52.6 Å². The lowest BCUT2D eigenvalue weighted by Crippen LogP contribution is -2.39. The van der Waals surface area contributed by atoms with E-state index in [1.165, 1.54) is 0 Å². The van der Waals surface area contributed by atoms with Crippen LogP contribution in [0.25, 0.3) is 6.08 Å². The Morgan fingerprint density at radius 1 is 1.09 bits per heavy atom. The minimum Gasteiger partial charge on any atom is -0.493 e. The highest BCUT2D eigenvalue weighted by atomic mass is 16.5. The van der Waals surface area contributed by atoms with Crippen LogP contribution in [0.4, 0.5) is 0 Å². The third-order valence-electron chi connectivity index (χ3n) is 7.01. The Morgan fingerprint density at radius 3 is 2.49 bits per heavy atom. The van der Waals surface area contributed by atoms with Crippen molar-refractivity contribution in [2.24, 2.45) is 5.92 Å². The molecule has 0 atom stereocenters. The van der Waals surface area contributed by atoms with Gasteiger partial charge in [0.05, 0.1) is 18.4 Å². The van der Waals surface area contributed by atoms with Gasteiger partial charge < -0.3 is 23.8 Å². The van der Waals surface area contributed by atoms with Gasteiger partial charge in [0.1, 0.15) is 12.4 Å². The first-order valence-corrected chi connectivity index (χ1v) is 12.4. The summed E-state index contributed by atoms with van der Waals surface area (Å²) in [4.78, 5) is 29.0. The maximum Gasteiger partial charge on any atom is 0.246 e. The van der Waals surface area contributed by atoms with Crippen molar-refractivity contribution in [1.29, 1.82) is 0 Å². The molecule has 8 heteroatoms. The van der Waals surface area contributed by atoms with E-state index in [1.54, 1.807) is 19.3 Å². The fourth-order valence-electron chi connectivity index (χ4n) is 4.74. The first kappa shape index (κ1) is 24.8. The smallest absolute Gasteiger partial charge is 0.246 e. The van der Waals surface area contributed by atoms with E-state index in [0.29, 0.717) is 43.5 Å². The Labute approximate surface area is 206 Å². The van der Waals surface area contributed by atoms with Gasteiger partial charge in [-0.1, -0.05) is 11.2 Å². The van der Waals surface area contributed by atoms with Crippen molar-refractivity contribution in [3.05, 3.63) is 46.9 Å². The Bertz CT molecular complexity index is 1040. The predicted molar refractivity (Wildman–Crippen MR) is 132 cm³/mol. The molecule has 0 aliphatic carbocycles. The van der Waals surface area contributed by atoms with Crippen LogP contribution in [0.3, 0.4) is 0 Å². The number of likely N-dealkylation sites (tertiary alicyclic amines) is 2. The number of amides is 2. The summed E-state index contributed by atoms with van der Waals surface area (Å²) in [6.45, 7) is 7.27. The standard InChI is InChI=1S/C27H35N3O5/c1-19-23(20(2)35-28-19)18-34-24-8-6-21(16-25(24)33-3)7-9-26(31)30-14-10-22(11-15-30)17-27(32)29-12-4-5-13-29/h6-9,16,22H,4-5,10-15,17-18H2,1-3H3/b9-7+. The third-order valence-corrected chi connectivity index (χ3v) is 7.01. The number of hydrogen-bond donors (Lipinski definition) is 0.